The van der Waals surface area contributed by atoms with Crippen LogP contribution in [0.3, 0.4) is 0 Å². The maximum atomic E-state index is 4.71. The van der Waals surface area contributed by atoms with E-state index in [2.05, 4.69) is 46.3 Å². The Labute approximate surface area is 150 Å². The molecule has 0 radical (unpaired) electrons. The highest BCUT2D eigenvalue weighted by molar-refractivity contribution is 7.11. The molecule has 2 rings (SSSR count). The number of rotatable bonds is 6. The Morgan fingerprint density at radius 3 is 2.75 bits per heavy atom. The maximum absolute atomic E-state index is 4.71. The standard InChI is InChI=1S/C17H32N6S/c1-5-18-17(20-13-16-14(2)21-15(3)24-16)19-7-10-23-9-6-8-22(4)11-12-23/h5-13H2,1-4H3,(H2,18,19,20). The molecule has 24 heavy (non-hydrogen) atoms. The molecule has 0 atom stereocenters. The van der Waals surface area contributed by atoms with E-state index in [1.807, 2.05) is 6.92 Å². The minimum absolute atomic E-state index is 0.696. The van der Waals surface area contributed by atoms with E-state index in [1.165, 1.54) is 24.4 Å². The van der Waals surface area contributed by atoms with Gasteiger partial charge in [0.05, 0.1) is 17.2 Å². The fourth-order valence-electron chi connectivity index (χ4n) is 2.87. The monoisotopic (exact) mass is 352 g/mol. The molecule has 2 heterocycles. The number of guanidine groups is 1. The first-order chi connectivity index (χ1) is 11.6. The quantitative estimate of drug-likeness (QED) is 0.600. The molecule has 6 nitrogen and oxygen atoms in total. The third kappa shape index (κ3) is 6.37. The molecule has 1 aromatic heterocycles. The molecule has 136 valence electrons. The van der Waals surface area contributed by atoms with Crippen LogP contribution in [0.1, 0.15) is 28.9 Å². The van der Waals surface area contributed by atoms with Gasteiger partial charge in [-0.25, -0.2) is 9.98 Å². The molecule has 0 aromatic carbocycles. The van der Waals surface area contributed by atoms with Gasteiger partial charge in [-0.2, -0.15) is 0 Å². The fourth-order valence-corrected chi connectivity index (χ4v) is 3.73. The summed E-state index contributed by atoms with van der Waals surface area (Å²) in [6.45, 7) is 14.5. The molecule has 1 aliphatic rings. The van der Waals surface area contributed by atoms with E-state index in [1.54, 1.807) is 11.3 Å². The summed E-state index contributed by atoms with van der Waals surface area (Å²) in [5.74, 6) is 0.898. The second kappa shape index (κ2) is 9.96. The zero-order chi connectivity index (χ0) is 17.4. The second-order valence-electron chi connectivity index (χ2n) is 6.36. The molecule has 0 spiro atoms. The molecule has 0 amide bonds. The van der Waals surface area contributed by atoms with Gasteiger partial charge in [0.15, 0.2) is 5.96 Å². The topological polar surface area (TPSA) is 55.8 Å². The van der Waals surface area contributed by atoms with Crippen molar-refractivity contribution >= 4 is 17.3 Å². The zero-order valence-electron chi connectivity index (χ0n) is 15.6. The molecular weight excluding hydrogens is 320 g/mol. The van der Waals surface area contributed by atoms with E-state index in [0.717, 1.165) is 49.4 Å². The smallest absolute Gasteiger partial charge is 0.191 e. The van der Waals surface area contributed by atoms with Gasteiger partial charge in [-0.1, -0.05) is 0 Å². The Bertz CT molecular complexity index is 527. The number of nitrogens with one attached hydrogen (secondary N) is 2. The van der Waals surface area contributed by atoms with E-state index in [0.29, 0.717) is 6.54 Å². The summed E-state index contributed by atoms with van der Waals surface area (Å²) in [5.41, 5.74) is 1.10. The molecule has 0 saturated carbocycles. The molecule has 0 aliphatic carbocycles. The summed E-state index contributed by atoms with van der Waals surface area (Å²) < 4.78 is 0. The second-order valence-corrected chi connectivity index (χ2v) is 7.65. The predicted octanol–water partition coefficient (Wildman–Crippen LogP) is 1.45. The van der Waals surface area contributed by atoms with Gasteiger partial charge in [0, 0.05) is 37.6 Å². The molecule has 0 unspecified atom stereocenters. The van der Waals surface area contributed by atoms with Crippen LogP contribution in [0.25, 0.3) is 0 Å². The van der Waals surface area contributed by atoms with Crippen LogP contribution in [0.2, 0.25) is 0 Å². The molecule has 1 aromatic rings. The van der Waals surface area contributed by atoms with Crippen LogP contribution in [0.4, 0.5) is 0 Å². The summed E-state index contributed by atoms with van der Waals surface area (Å²) in [7, 11) is 2.21. The van der Waals surface area contributed by atoms with E-state index in [9.17, 15) is 0 Å². The van der Waals surface area contributed by atoms with Crippen molar-refractivity contribution in [3.05, 3.63) is 15.6 Å². The van der Waals surface area contributed by atoms with Crippen LogP contribution in [0.5, 0.6) is 0 Å². The number of hydrogen-bond donors (Lipinski definition) is 2. The van der Waals surface area contributed by atoms with Crippen molar-refractivity contribution in [3.8, 4) is 0 Å². The third-order valence-corrected chi connectivity index (χ3v) is 5.31. The minimum atomic E-state index is 0.696. The molecule has 2 N–H and O–H groups in total. The number of hydrogen-bond acceptors (Lipinski definition) is 5. The zero-order valence-corrected chi connectivity index (χ0v) is 16.4. The Morgan fingerprint density at radius 2 is 2.04 bits per heavy atom. The van der Waals surface area contributed by atoms with Gasteiger partial charge in [0.2, 0.25) is 0 Å². The first kappa shape index (κ1) is 19.1. The molecule has 0 bridgehead atoms. The van der Waals surface area contributed by atoms with E-state index in [4.69, 9.17) is 4.99 Å². The molecule has 1 aliphatic heterocycles. The number of likely N-dealkylation sites (N-methyl/N-ethyl adjacent to an activating group) is 1. The van der Waals surface area contributed by atoms with Gasteiger partial charge >= 0.3 is 0 Å². The van der Waals surface area contributed by atoms with Crippen LogP contribution >= 0.6 is 11.3 Å². The van der Waals surface area contributed by atoms with Crippen molar-refractivity contribution < 1.29 is 0 Å². The van der Waals surface area contributed by atoms with Crippen LogP contribution in [0.15, 0.2) is 4.99 Å². The Morgan fingerprint density at radius 1 is 1.21 bits per heavy atom. The first-order valence-electron chi connectivity index (χ1n) is 8.94. The first-order valence-corrected chi connectivity index (χ1v) is 9.76. The van der Waals surface area contributed by atoms with Crippen LogP contribution in [-0.2, 0) is 6.54 Å². The summed E-state index contributed by atoms with van der Waals surface area (Å²) in [5, 5.41) is 7.91. The summed E-state index contributed by atoms with van der Waals surface area (Å²) in [6, 6.07) is 0. The van der Waals surface area contributed by atoms with Crippen molar-refractivity contribution in [1.29, 1.82) is 0 Å². The SMILES string of the molecule is CCNC(=NCc1sc(C)nc1C)NCCN1CCCN(C)CC1. The number of nitrogens with zero attached hydrogens (tertiary/aromatic N) is 4. The van der Waals surface area contributed by atoms with Gasteiger partial charge in [-0.3, -0.25) is 0 Å². The maximum Gasteiger partial charge on any atom is 0.191 e. The average molecular weight is 353 g/mol. The molecule has 1 fully saturated rings. The average Bonchev–Trinajstić information content (AvgIpc) is 2.73. The minimum Gasteiger partial charge on any atom is -0.357 e. The fraction of sp³-hybridized carbons (Fsp3) is 0.765. The lowest BCUT2D eigenvalue weighted by Crippen LogP contribution is -2.42. The lowest BCUT2D eigenvalue weighted by atomic mass is 10.4. The van der Waals surface area contributed by atoms with Crippen molar-refractivity contribution in [2.24, 2.45) is 4.99 Å². The van der Waals surface area contributed by atoms with Crippen molar-refractivity contribution in [3.63, 3.8) is 0 Å². The molecule has 7 heteroatoms. The van der Waals surface area contributed by atoms with Crippen LogP contribution in [-0.4, -0.2) is 73.6 Å². The predicted molar refractivity (Wildman–Crippen MR) is 103 cm³/mol. The van der Waals surface area contributed by atoms with Gasteiger partial charge in [0.1, 0.15) is 0 Å². The number of aliphatic imine (C=N–C) groups is 1. The number of thiazole rings is 1. The lowest BCUT2D eigenvalue weighted by Gasteiger charge is -2.21. The summed E-state index contributed by atoms with van der Waals surface area (Å²) in [4.78, 5) is 15.4. The summed E-state index contributed by atoms with van der Waals surface area (Å²) in [6.07, 6.45) is 1.26. The van der Waals surface area contributed by atoms with E-state index in [-0.39, 0.29) is 0 Å². The normalized spacial score (nSPS) is 17.8. The summed E-state index contributed by atoms with van der Waals surface area (Å²) >= 11 is 1.74. The van der Waals surface area contributed by atoms with Crippen molar-refractivity contribution in [2.45, 2.75) is 33.7 Å². The Kier molecular flexibility index (Phi) is 7.94. The Hall–Kier alpha value is -1.18. The molecular formula is C17H32N6S. The van der Waals surface area contributed by atoms with E-state index < -0.39 is 0 Å². The van der Waals surface area contributed by atoms with E-state index >= 15 is 0 Å². The highest BCUT2D eigenvalue weighted by atomic mass is 32.1. The number of aromatic nitrogens is 1. The van der Waals surface area contributed by atoms with Crippen molar-refractivity contribution in [1.82, 2.24) is 25.4 Å². The van der Waals surface area contributed by atoms with Crippen LogP contribution in [0, 0.1) is 13.8 Å². The lowest BCUT2D eigenvalue weighted by molar-refractivity contribution is 0.280. The largest absolute Gasteiger partial charge is 0.357 e. The molecule has 1 saturated heterocycles. The Balaban J connectivity index is 1.80. The highest BCUT2D eigenvalue weighted by Crippen LogP contribution is 2.17. The van der Waals surface area contributed by atoms with Gasteiger partial charge in [-0.05, 0) is 47.3 Å². The highest BCUT2D eigenvalue weighted by Gasteiger charge is 2.11. The van der Waals surface area contributed by atoms with Crippen molar-refractivity contribution in [2.75, 3.05) is 52.9 Å². The van der Waals surface area contributed by atoms with Gasteiger partial charge < -0.3 is 20.4 Å². The van der Waals surface area contributed by atoms with Gasteiger partial charge in [0.25, 0.3) is 0 Å². The number of aryl methyl sites for hydroxylation is 2. The third-order valence-electron chi connectivity index (χ3n) is 4.26. The van der Waals surface area contributed by atoms with Crippen LogP contribution < -0.4 is 10.6 Å². The van der Waals surface area contributed by atoms with Gasteiger partial charge in [-0.15, -0.1) is 11.3 Å².